The number of nitrogens with zero attached hydrogens (tertiary/aromatic N) is 5. The highest BCUT2D eigenvalue weighted by Gasteiger charge is 2.22. The lowest BCUT2D eigenvalue weighted by Gasteiger charge is -2.10. The van der Waals surface area contributed by atoms with Crippen LogP contribution >= 0.6 is 0 Å². The zero-order chi connectivity index (χ0) is 19.4. The maximum absolute atomic E-state index is 12.5. The fourth-order valence-corrected chi connectivity index (χ4v) is 3.35. The van der Waals surface area contributed by atoms with Gasteiger partial charge in [-0.3, -0.25) is 10.1 Å². The number of ether oxygens (including phenoxy) is 1. The van der Waals surface area contributed by atoms with Gasteiger partial charge in [-0.1, -0.05) is 6.07 Å². The molecule has 0 aliphatic rings. The molecule has 2 aromatic heterocycles. The maximum Gasteiger partial charge on any atom is 0.312 e. The molecule has 0 unspecified atom stereocenters. The van der Waals surface area contributed by atoms with E-state index in [0.717, 1.165) is 6.07 Å². The fraction of sp³-hybridized carbons (Fsp3) is 0.133. The summed E-state index contributed by atoms with van der Waals surface area (Å²) in [6, 6.07) is 6.75. The molecule has 0 spiro atoms. The average molecular weight is 390 g/mol. The summed E-state index contributed by atoms with van der Waals surface area (Å²) in [6.07, 6.45) is 4.31. The Kier molecular flexibility index (Phi) is 5.09. The number of nitro groups is 1. The number of rotatable bonds is 7. The van der Waals surface area contributed by atoms with Gasteiger partial charge in [0.15, 0.2) is 11.6 Å². The Balaban J connectivity index is 1.87. The number of hydrogen-bond acceptors (Lipinski definition) is 8. The van der Waals surface area contributed by atoms with E-state index in [2.05, 4.69) is 19.8 Å². The first-order valence-electron chi connectivity index (χ1n) is 7.53. The van der Waals surface area contributed by atoms with Gasteiger partial charge in [-0.2, -0.15) is 5.10 Å². The molecule has 0 amide bonds. The molecule has 12 heteroatoms. The largest absolute Gasteiger partial charge is 0.490 e. The third-order valence-corrected chi connectivity index (χ3v) is 5.01. The first-order chi connectivity index (χ1) is 12.9. The summed E-state index contributed by atoms with van der Waals surface area (Å²) >= 11 is 0. The van der Waals surface area contributed by atoms with Crippen molar-refractivity contribution in [3.05, 3.63) is 64.9 Å². The van der Waals surface area contributed by atoms with Crippen LogP contribution in [0.25, 0.3) is 5.82 Å². The van der Waals surface area contributed by atoms with Gasteiger partial charge in [-0.25, -0.2) is 27.8 Å². The number of hydrogen-bond donors (Lipinski definition) is 1. The lowest BCUT2D eigenvalue weighted by molar-refractivity contribution is -0.386. The third-order valence-electron chi connectivity index (χ3n) is 3.61. The topological polar surface area (TPSA) is 142 Å². The van der Waals surface area contributed by atoms with Crippen molar-refractivity contribution in [2.75, 3.05) is 7.11 Å². The predicted octanol–water partition coefficient (Wildman–Crippen LogP) is 1.06. The molecule has 11 nitrogen and oxygen atoms in total. The van der Waals surface area contributed by atoms with Crippen molar-refractivity contribution >= 4 is 15.7 Å². The van der Waals surface area contributed by atoms with Gasteiger partial charge in [0, 0.05) is 24.4 Å². The molecule has 27 heavy (non-hydrogen) atoms. The molecule has 0 bridgehead atoms. The summed E-state index contributed by atoms with van der Waals surface area (Å²) in [4.78, 5) is 18.2. The molecule has 1 aromatic carbocycles. The Morgan fingerprint density at radius 2 is 2.15 bits per heavy atom. The van der Waals surface area contributed by atoms with Gasteiger partial charge in [0.1, 0.15) is 12.7 Å². The van der Waals surface area contributed by atoms with Crippen molar-refractivity contribution in [1.82, 2.24) is 24.5 Å². The van der Waals surface area contributed by atoms with E-state index < -0.39 is 20.6 Å². The van der Waals surface area contributed by atoms with E-state index in [0.29, 0.717) is 11.4 Å². The van der Waals surface area contributed by atoms with Crippen LogP contribution < -0.4 is 9.46 Å². The van der Waals surface area contributed by atoms with Crippen LogP contribution in [0.15, 0.2) is 54.1 Å². The molecule has 0 radical (unpaired) electrons. The highest BCUT2D eigenvalue weighted by atomic mass is 32.2. The summed E-state index contributed by atoms with van der Waals surface area (Å²) in [6.45, 7) is -0.0921. The lowest BCUT2D eigenvalue weighted by atomic mass is 10.2. The first kappa shape index (κ1) is 18.4. The Hall–Kier alpha value is -3.38. The number of benzene rings is 1. The quantitative estimate of drug-likeness (QED) is 0.466. The van der Waals surface area contributed by atoms with Gasteiger partial charge in [0.05, 0.1) is 16.9 Å². The lowest BCUT2D eigenvalue weighted by Crippen LogP contribution is -2.24. The molecular weight excluding hydrogens is 376 g/mol. The van der Waals surface area contributed by atoms with E-state index >= 15 is 0 Å². The van der Waals surface area contributed by atoms with Crippen molar-refractivity contribution in [3.63, 3.8) is 0 Å². The number of pyridine rings is 1. The molecule has 3 rings (SSSR count). The van der Waals surface area contributed by atoms with E-state index in [9.17, 15) is 18.5 Å². The number of methoxy groups -OCH3 is 1. The first-order valence-corrected chi connectivity index (χ1v) is 9.01. The third kappa shape index (κ3) is 3.91. The van der Waals surface area contributed by atoms with Gasteiger partial charge in [-0.15, -0.1) is 0 Å². The highest BCUT2D eigenvalue weighted by Crippen LogP contribution is 2.29. The van der Waals surface area contributed by atoms with E-state index in [1.165, 1.54) is 36.6 Å². The Bertz CT molecular complexity index is 1070. The van der Waals surface area contributed by atoms with Crippen molar-refractivity contribution in [3.8, 4) is 11.6 Å². The maximum atomic E-state index is 12.5. The molecule has 0 fully saturated rings. The summed E-state index contributed by atoms with van der Waals surface area (Å²) in [7, 11) is -2.74. The summed E-state index contributed by atoms with van der Waals surface area (Å²) in [5.74, 6) is 0.387. The van der Waals surface area contributed by atoms with E-state index in [1.54, 1.807) is 18.3 Å². The second-order valence-corrected chi connectivity index (χ2v) is 7.01. The van der Waals surface area contributed by atoms with Gasteiger partial charge in [0.25, 0.3) is 0 Å². The van der Waals surface area contributed by atoms with Crippen LogP contribution in [0, 0.1) is 10.1 Å². The van der Waals surface area contributed by atoms with E-state index in [4.69, 9.17) is 4.74 Å². The van der Waals surface area contributed by atoms with Gasteiger partial charge in [0.2, 0.25) is 10.0 Å². The van der Waals surface area contributed by atoms with Crippen molar-refractivity contribution in [2.45, 2.75) is 11.4 Å². The van der Waals surface area contributed by atoms with Crippen LogP contribution in [0.5, 0.6) is 5.75 Å². The minimum absolute atomic E-state index is 0.0281. The second-order valence-electron chi connectivity index (χ2n) is 5.24. The van der Waals surface area contributed by atoms with Crippen molar-refractivity contribution in [1.29, 1.82) is 0 Å². The predicted molar refractivity (Wildman–Crippen MR) is 92.8 cm³/mol. The highest BCUT2D eigenvalue weighted by molar-refractivity contribution is 7.89. The van der Waals surface area contributed by atoms with Crippen LogP contribution in [0.2, 0.25) is 0 Å². The molecule has 1 N–H and O–H groups in total. The standard InChI is InChI=1S/C15H14N6O5S/c1-26-14-5-4-12(7-13(14)21(22)23)27(24,25)19-8-11-3-2-6-17-15(11)20-10-16-9-18-20/h2-7,9-10,19H,8H2,1H3. The van der Waals surface area contributed by atoms with Gasteiger partial charge in [-0.05, 0) is 18.2 Å². The molecule has 3 aromatic rings. The number of aromatic nitrogens is 4. The van der Waals surface area contributed by atoms with Crippen LogP contribution in [0.4, 0.5) is 5.69 Å². The van der Waals surface area contributed by atoms with Crippen LogP contribution in [0.3, 0.4) is 0 Å². The minimum Gasteiger partial charge on any atom is -0.490 e. The van der Waals surface area contributed by atoms with E-state index in [-0.39, 0.29) is 17.2 Å². The summed E-state index contributed by atoms with van der Waals surface area (Å²) < 4.78 is 33.8. The minimum atomic E-state index is -4.01. The number of sulfonamides is 1. The molecule has 140 valence electrons. The molecule has 0 aliphatic carbocycles. The van der Waals surface area contributed by atoms with Crippen molar-refractivity contribution in [2.24, 2.45) is 0 Å². The molecule has 0 saturated carbocycles. The number of nitrogens with one attached hydrogen (secondary N) is 1. The molecule has 0 atom stereocenters. The Morgan fingerprint density at radius 3 is 2.81 bits per heavy atom. The SMILES string of the molecule is COc1ccc(S(=O)(=O)NCc2cccnc2-n2cncn2)cc1[N+](=O)[O-]. The Labute approximate surface area is 153 Å². The zero-order valence-corrected chi connectivity index (χ0v) is 14.8. The zero-order valence-electron chi connectivity index (χ0n) is 14.0. The van der Waals surface area contributed by atoms with Gasteiger partial charge >= 0.3 is 5.69 Å². The normalized spacial score (nSPS) is 11.3. The molecule has 0 saturated heterocycles. The fourth-order valence-electron chi connectivity index (χ4n) is 2.33. The monoisotopic (exact) mass is 390 g/mol. The molecule has 2 heterocycles. The van der Waals surface area contributed by atoms with Crippen LogP contribution in [0.1, 0.15) is 5.56 Å². The second kappa shape index (κ2) is 7.47. The summed E-state index contributed by atoms with van der Waals surface area (Å²) in [5.41, 5.74) is 0.111. The van der Waals surface area contributed by atoms with Crippen molar-refractivity contribution < 1.29 is 18.1 Å². The van der Waals surface area contributed by atoms with Crippen LogP contribution in [-0.4, -0.2) is 40.2 Å². The Morgan fingerprint density at radius 1 is 1.33 bits per heavy atom. The van der Waals surface area contributed by atoms with Gasteiger partial charge < -0.3 is 4.74 Å². The van der Waals surface area contributed by atoms with Crippen LogP contribution in [-0.2, 0) is 16.6 Å². The number of nitro benzene ring substituents is 1. The smallest absolute Gasteiger partial charge is 0.312 e. The van der Waals surface area contributed by atoms with E-state index in [1.807, 2.05) is 0 Å². The molecule has 0 aliphatic heterocycles. The summed E-state index contributed by atoms with van der Waals surface area (Å²) in [5, 5.41) is 15.1. The molecular formula is C15H14N6O5S. The average Bonchev–Trinajstić information content (AvgIpc) is 3.20.